The van der Waals surface area contributed by atoms with Crippen molar-refractivity contribution in [3.63, 3.8) is 0 Å². The molecule has 3 rings (SSSR count). The third kappa shape index (κ3) is 2.55. The van der Waals surface area contributed by atoms with Crippen molar-refractivity contribution >= 4 is 21.7 Å². The van der Waals surface area contributed by atoms with Gasteiger partial charge in [-0.3, -0.25) is 4.79 Å². The maximum atomic E-state index is 13.8. The lowest BCUT2D eigenvalue weighted by atomic mass is 9.92. The van der Waals surface area contributed by atoms with Crippen molar-refractivity contribution < 1.29 is 9.18 Å². The number of carbonyl (C=O) groups is 1. The number of hydrogen-bond acceptors (Lipinski definition) is 1. The molecule has 2 aromatic rings. The molecule has 2 aromatic carbocycles. The molecule has 20 heavy (non-hydrogen) atoms. The molecule has 1 atom stereocenters. The van der Waals surface area contributed by atoms with Gasteiger partial charge in [0.05, 0.1) is 0 Å². The first-order chi connectivity index (χ1) is 9.65. The second-order valence-electron chi connectivity index (χ2n) is 5.17. The number of fused-ring (bicyclic) bond motifs is 1. The van der Waals surface area contributed by atoms with E-state index in [-0.39, 0.29) is 23.9 Å². The van der Waals surface area contributed by atoms with Crippen molar-refractivity contribution in [1.82, 2.24) is 0 Å². The minimum absolute atomic E-state index is 0.0748. The monoisotopic (exact) mass is 332 g/mol. The third-order valence-corrected chi connectivity index (χ3v) is 4.39. The molecular weight excluding hydrogens is 319 g/mol. The summed E-state index contributed by atoms with van der Waals surface area (Å²) in [5.41, 5.74) is 2.85. The van der Waals surface area contributed by atoms with Crippen LogP contribution in [-0.4, -0.2) is 5.78 Å². The fourth-order valence-electron chi connectivity index (χ4n) is 2.87. The number of ketones is 1. The van der Waals surface area contributed by atoms with E-state index < -0.39 is 0 Å². The summed E-state index contributed by atoms with van der Waals surface area (Å²) < 4.78 is 14.5. The fourth-order valence-corrected chi connectivity index (χ4v) is 3.20. The van der Waals surface area contributed by atoms with Crippen LogP contribution in [0.15, 0.2) is 46.9 Å². The molecule has 0 saturated heterocycles. The molecule has 1 nitrogen and oxygen atoms in total. The molecular formula is C17H14BrFO. The van der Waals surface area contributed by atoms with Gasteiger partial charge in [-0.2, -0.15) is 0 Å². The Hall–Kier alpha value is -1.48. The van der Waals surface area contributed by atoms with Gasteiger partial charge in [0, 0.05) is 16.8 Å². The van der Waals surface area contributed by atoms with Crippen LogP contribution in [0.2, 0.25) is 0 Å². The predicted molar refractivity (Wildman–Crippen MR) is 80.3 cm³/mol. The molecule has 0 aromatic heterocycles. The molecule has 0 heterocycles. The smallest absolute Gasteiger partial charge is 0.144 e. The third-order valence-electron chi connectivity index (χ3n) is 3.90. The lowest BCUT2D eigenvalue weighted by molar-refractivity contribution is -0.119. The Balaban J connectivity index is 1.81. The van der Waals surface area contributed by atoms with Crippen molar-refractivity contribution in [2.24, 2.45) is 0 Å². The summed E-state index contributed by atoms with van der Waals surface area (Å²) in [4.78, 5) is 12.4. The highest BCUT2D eigenvalue weighted by Gasteiger charge is 2.28. The van der Waals surface area contributed by atoms with Crippen molar-refractivity contribution in [2.75, 3.05) is 0 Å². The van der Waals surface area contributed by atoms with Gasteiger partial charge < -0.3 is 0 Å². The summed E-state index contributed by atoms with van der Waals surface area (Å²) in [6.07, 6.45) is 1.95. The Morgan fingerprint density at radius 2 is 2.05 bits per heavy atom. The van der Waals surface area contributed by atoms with Gasteiger partial charge in [-0.05, 0) is 41.7 Å². The molecule has 0 spiro atoms. The van der Waals surface area contributed by atoms with Gasteiger partial charge >= 0.3 is 0 Å². The van der Waals surface area contributed by atoms with Gasteiger partial charge in [-0.25, -0.2) is 4.39 Å². The van der Waals surface area contributed by atoms with E-state index in [0.29, 0.717) is 10.0 Å². The number of rotatable bonds is 3. The quantitative estimate of drug-likeness (QED) is 0.812. The van der Waals surface area contributed by atoms with E-state index in [9.17, 15) is 9.18 Å². The summed E-state index contributed by atoms with van der Waals surface area (Å²) in [5, 5.41) is 0. The number of aryl methyl sites for hydroxylation is 1. The van der Waals surface area contributed by atoms with Crippen molar-refractivity contribution in [2.45, 2.75) is 25.2 Å². The zero-order valence-corrected chi connectivity index (χ0v) is 12.5. The van der Waals surface area contributed by atoms with Crippen LogP contribution in [0.5, 0.6) is 0 Å². The summed E-state index contributed by atoms with van der Waals surface area (Å²) in [5.74, 6) is -0.288. The molecule has 0 N–H and O–H groups in total. The zero-order chi connectivity index (χ0) is 14.1. The molecule has 102 valence electrons. The van der Waals surface area contributed by atoms with E-state index in [0.717, 1.165) is 18.4 Å². The lowest BCUT2D eigenvalue weighted by Crippen LogP contribution is -2.13. The Morgan fingerprint density at radius 3 is 2.85 bits per heavy atom. The largest absolute Gasteiger partial charge is 0.299 e. The average molecular weight is 333 g/mol. The van der Waals surface area contributed by atoms with Crippen LogP contribution in [-0.2, 0) is 17.6 Å². The number of Topliss-reactive ketones (excluding diaryl/α,β-unsaturated/α-hetero) is 1. The van der Waals surface area contributed by atoms with Gasteiger partial charge in [-0.1, -0.05) is 46.3 Å². The van der Waals surface area contributed by atoms with E-state index in [4.69, 9.17) is 0 Å². The summed E-state index contributed by atoms with van der Waals surface area (Å²) in [6, 6.07) is 12.9. The topological polar surface area (TPSA) is 17.1 Å². The van der Waals surface area contributed by atoms with Crippen LogP contribution in [0, 0.1) is 5.82 Å². The summed E-state index contributed by atoms with van der Waals surface area (Å²) in [6.45, 7) is 0. The van der Waals surface area contributed by atoms with Gasteiger partial charge in [0.25, 0.3) is 0 Å². The maximum Gasteiger partial charge on any atom is 0.144 e. The van der Waals surface area contributed by atoms with Crippen molar-refractivity contribution in [3.05, 3.63) is 69.4 Å². The minimum atomic E-state index is -0.320. The molecule has 0 aliphatic heterocycles. The summed E-state index contributed by atoms with van der Waals surface area (Å²) in [7, 11) is 0. The first-order valence-corrected chi connectivity index (χ1v) is 7.49. The van der Waals surface area contributed by atoms with E-state index in [1.54, 1.807) is 12.1 Å². The normalized spacial score (nSPS) is 17.0. The first kappa shape index (κ1) is 13.5. The standard InChI is InChI=1S/C17H14BrFO/c18-13-7-5-12(16(19)10-13)9-17(20)15-8-6-11-3-1-2-4-14(11)15/h1-5,7,10,15H,6,8-9H2. The Bertz CT molecular complexity index is 666. The van der Waals surface area contributed by atoms with Crippen LogP contribution in [0.25, 0.3) is 0 Å². The minimum Gasteiger partial charge on any atom is -0.299 e. The van der Waals surface area contributed by atoms with Crippen LogP contribution in [0.3, 0.4) is 0 Å². The fraction of sp³-hybridized carbons (Fsp3) is 0.235. The molecule has 0 saturated carbocycles. The van der Waals surface area contributed by atoms with Gasteiger partial charge in [0.2, 0.25) is 0 Å². The van der Waals surface area contributed by atoms with E-state index in [1.165, 1.54) is 11.6 Å². The number of benzene rings is 2. The molecule has 0 amide bonds. The molecule has 3 heteroatoms. The molecule has 1 unspecified atom stereocenters. The van der Waals surface area contributed by atoms with Gasteiger partial charge in [0.15, 0.2) is 0 Å². The SMILES string of the molecule is O=C(Cc1ccc(Br)cc1F)C1CCc2ccccc21. The Morgan fingerprint density at radius 1 is 1.25 bits per heavy atom. The van der Waals surface area contributed by atoms with Crippen LogP contribution in [0.4, 0.5) is 4.39 Å². The lowest BCUT2D eigenvalue weighted by Gasteiger charge is -2.11. The van der Waals surface area contributed by atoms with Crippen LogP contribution >= 0.6 is 15.9 Å². The van der Waals surface area contributed by atoms with Gasteiger partial charge in [0.1, 0.15) is 11.6 Å². The van der Waals surface area contributed by atoms with E-state index in [1.807, 2.05) is 18.2 Å². The molecule has 0 fully saturated rings. The summed E-state index contributed by atoms with van der Waals surface area (Å²) >= 11 is 3.23. The van der Waals surface area contributed by atoms with E-state index in [2.05, 4.69) is 22.0 Å². The van der Waals surface area contributed by atoms with Gasteiger partial charge in [-0.15, -0.1) is 0 Å². The first-order valence-electron chi connectivity index (χ1n) is 6.69. The van der Waals surface area contributed by atoms with E-state index >= 15 is 0 Å². The molecule has 0 radical (unpaired) electrons. The Labute approximate surface area is 126 Å². The van der Waals surface area contributed by atoms with Crippen LogP contribution in [0.1, 0.15) is 29.0 Å². The highest BCUT2D eigenvalue weighted by molar-refractivity contribution is 9.10. The number of halogens is 2. The number of hydrogen-bond donors (Lipinski definition) is 0. The second-order valence-corrected chi connectivity index (χ2v) is 6.08. The van der Waals surface area contributed by atoms with Crippen LogP contribution < -0.4 is 0 Å². The number of carbonyl (C=O) groups excluding carboxylic acids is 1. The molecule has 1 aliphatic rings. The van der Waals surface area contributed by atoms with Crippen molar-refractivity contribution in [1.29, 1.82) is 0 Å². The second kappa shape index (κ2) is 5.49. The molecule has 0 bridgehead atoms. The predicted octanol–water partition coefficient (Wildman–Crippen LogP) is 4.43. The average Bonchev–Trinajstić information content (AvgIpc) is 2.86. The zero-order valence-electron chi connectivity index (χ0n) is 10.9. The van der Waals surface area contributed by atoms with Crippen molar-refractivity contribution in [3.8, 4) is 0 Å². The highest BCUT2D eigenvalue weighted by Crippen LogP contribution is 2.34. The maximum absolute atomic E-state index is 13.8. The highest BCUT2D eigenvalue weighted by atomic mass is 79.9. The molecule has 1 aliphatic carbocycles. The Kier molecular flexibility index (Phi) is 3.70.